The second kappa shape index (κ2) is 53.7. The number of allylic oxidation sites excluding steroid dienone is 10. The molecule has 0 rings (SSSR count). The number of rotatable bonds is 50. The highest BCUT2D eigenvalue weighted by molar-refractivity contribution is 5.71. The van der Waals surface area contributed by atoms with Crippen molar-refractivity contribution in [1.82, 2.24) is 0 Å². The molecular weight excluding hydrogens is 805 g/mol. The third-order valence-electron chi connectivity index (χ3n) is 12.0. The van der Waals surface area contributed by atoms with Crippen LogP contribution in [-0.2, 0) is 28.6 Å². The standard InChI is InChI=1S/C59H104O6/c1-4-7-10-13-16-18-20-22-24-25-26-27-28-29-30-31-32-33-35-36-38-40-43-46-49-52-58(61)64-55-56(54-63-57(60)51-48-45-42-15-12-9-6-3)65-59(62)53-50-47-44-41-39-37-34-23-21-19-17-14-11-8-5-2/h7,10,16,18,22-24,26-27,34,56H,4-6,8-9,11-15,17,19-21,25,28-33,35-55H2,1-3H3/b10-7-,18-16-,24-22-,27-26-,34-23-. The predicted molar refractivity (Wildman–Crippen MR) is 279 cm³/mol. The molecule has 0 N–H and O–H groups in total. The monoisotopic (exact) mass is 909 g/mol. The first-order valence-corrected chi connectivity index (χ1v) is 27.8. The molecule has 376 valence electrons. The smallest absolute Gasteiger partial charge is 0.306 e. The average Bonchev–Trinajstić information content (AvgIpc) is 3.30. The van der Waals surface area contributed by atoms with Crippen molar-refractivity contribution in [3.8, 4) is 0 Å². The van der Waals surface area contributed by atoms with Crippen molar-refractivity contribution in [3.05, 3.63) is 60.8 Å². The highest BCUT2D eigenvalue weighted by atomic mass is 16.6. The molecule has 6 heteroatoms. The summed E-state index contributed by atoms with van der Waals surface area (Å²) in [6.45, 7) is 6.49. The highest BCUT2D eigenvalue weighted by Gasteiger charge is 2.19. The Balaban J connectivity index is 4.15. The van der Waals surface area contributed by atoms with E-state index in [9.17, 15) is 14.4 Å². The van der Waals surface area contributed by atoms with E-state index in [0.29, 0.717) is 19.3 Å². The van der Waals surface area contributed by atoms with Crippen LogP contribution in [0.4, 0.5) is 0 Å². The van der Waals surface area contributed by atoms with Gasteiger partial charge < -0.3 is 14.2 Å². The molecule has 1 atom stereocenters. The Bertz CT molecular complexity index is 1180. The van der Waals surface area contributed by atoms with E-state index in [-0.39, 0.29) is 31.1 Å². The third-order valence-corrected chi connectivity index (χ3v) is 12.0. The second-order valence-corrected chi connectivity index (χ2v) is 18.5. The molecule has 0 saturated heterocycles. The average molecular weight is 909 g/mol. The first-order chi connectivity index (χ1) is 32.0. The van der Waals surface area contributed by atoms with Gasteiger partial charge in [-0.1, -0.05) is 236 Å². The minimum absolute atomic E-state index is 0.0760. The molecule has 0 aromatic heterocycles. The van der Waals surface area contributed by atoms with Crippen LogP contribution in [0.5, 0.6) is 0 Å². The van der Waals surface area contributed by atoms with Gasteiger partial charge in [0.05, 0.1) is 0 Å². The molecule has 0 aromatic carbocycles. The van der Waals surface area contributed by atoms with Crippen LogP contribution in [0, 0.1) is 0 Å². The zero-order valence-corrected chi connectivity index (χ0v) is 43.0. The van der Waals surface area contributed by atoms with E-state index in [1.807, 2.05) is 0 Å². The van der Waals surface area contributed by atoms with E-state index in [2.05, 4.69) is 81.5 Å². The lowest BCUT2D eigenvalue weighted by molar-refractivity contribution is -0.167. The maximum Gasteiger partial charge on any atom is 0.306 e. The van der Waals surface area contributed by atoms with Gasteiger partial charge in [0.1, 0.15) is 13.2 Å². The maximum atomic E-state index is 12.8. The Morgan fingerprint density at radius 2 is 0.600 bits per heavy atom. The van der Waals surface area contributed by atoms with E-state index in [0.717, 1.165) is 89.9 Å². The summed E-state index contributed by atoms with van der Waals surface area (Å²) < 4.78 is 16.8. The van der Waals surface area contributed by atoms with E-state index < -0.39 is 6.10 Å². The van der Waals surface area contributed by atoms with Gasteiger partial charge in [0.25, 0.3) is 0 Å². The van der Waals surface area contributed by atoms with Gasteiger partial charge in [-0.2, -0.15) is 0 Å². The lowest BCUT2D eigenvalue weighted by Gasteiger charge is -2.18. The molecule has 0 aliphatic heterocycles. The number of esters is 3. The summed E-state index contributed by atoms with van der Waals surface area (Å²) in [7, 11) is 0. The molecule has 0 saturated carbocycles. The van der Waals surface area contributed by atoms with Gasteiger partial charge in [-0.05, 0) is 83.5 Å². The number of carbonyl (C=O) groups excluding carboxylic acids is 3. The van der Waals surface area contributed by atoms with Crippen molar-refractivity contribution >= 4 is 17.9 Å². The quantitative estimate of drug-likeness (QED) is 0.0262. The van der Waals surface area contributed by atoms with Crippen molar-refractivity contribution in [2.45, 2.75) is 284 Å². The molecule has 0 amide bonds. The van der Waals surface area contributed by atoms with Crippen LogP contribution in [0.15, 0.2) is 60.8 Å². The Hall–Kier alpha value is -2.89. The Labute approximate surface area is 402 Å². The third kappa shape index (κ3) is 51.9. The predicted octanol–water partition coefficient (Wildman–Crippen LogP) is 18.4. The van der Waals surface area contributed by atoms with Crippen LogP contribution >= 0.6 is 0 Å². The molecule has 6 nitrogen and oxygen atoms in total. The van der Waals surface area contributed by atoms with Crippen LogP contribution in [-0.4, -0.2) is 37.2 Å². The fraction of sp³-hybridized carbons (Fsp3) is 0.780. The van der Waals surface area contributed by atoms with Gasteiger partial charge in [-0.3, -0.25) is 14.4 Å². The minimum Gasteiger partial charge on any atom is -0.462 e. The summed E-state index contributed by atoms with van der Waals surface area (Å²) in [5, 5.41) is 0. The lowest BCUT2D eigenvalue weighted by atomic mass is 10.0. The molecule has 0 radical (unpaired) electrons. The molecule has 0 aromatic rings. The zero-order valence-electron chi connectivity index (χ0n) is 43.0. The number of hydrogen-bond acceptors (Lipinski definition) is 6. The molecule has 1 unspecified atom stereocenters. The van der Waals surface area contributed by atoms with Gasteiger partial charge in [0.15, 0.2) is 6.10 Å². The Kier molecular flexibility index (Phi) is 51.3. The number of unbranched alkanes of at least 4 members (excludes halogenated alkanes) is 29. The molecule has 0 spiro atoms. The summed E-state index contributed by atoms with van der Waals surface area (Å²) >= 11 is 0. The van der Waals surface area contributed by atoms with E-state index in [4.69, 9.17) is 14.2 Å². The van der Waals surface area contributed by atoms with Gasteiger partial charge in [-0.15, -0.1) is 0 Å². The fourth-order valence-electron chi connectivity index (χ4n) is 7.84. The van der Waals surface area contributed by atoms with Crippen LogP contribution in [0.1, 0.15) is 278 Å². The molecular formula is C59H104O6. The van der Waals surface area contributed by atoms with Crippen molar-refractivity contribution in [2.24, 2.45) is 0 Å². The van der Waals surface area contributed by atoms with Crippen molar-refractivity contribution < 1.29 is 28.6 Å². The summed E-state index contributed by atoms with van der Waals surface area (Å²) in [6, 6.07) is 0. The highest BCUT2D eigenvalue weighted by Crippen LogP contribution is 2.15. The van der Waals surface area contributed by atoms with Crippen LogP contribution in [0.2, 0.25) is 0 Å². The molecule has 0 fully saturated rings. The summed E-state index contributed by atoms with van der Waals surface area (Å²) in [5.74, 6) is -0.885. The summed E-state index contributed by atoms with van der Waals surface area (Å²) in [5.41, 5.74) is 0. The van der Waals surface area contributed by atoms with Gasteiger partial charge in [0, 0.05) is 19.3 Å². The number of ether oxygens (including phenoxy) is 3. The normalized spacial score (nSPS) is 12.5. The van der Waals surface area contributed by atoms with E-state index >= 15 is 0 Å². The molecule has 0 aliphatic carbocycles. The fourth-order valence-corrected chi connectivity index (χ4v) is 7.84. The van der Waals surface area contributed by atoms with Crippen LogP contribution < -0.4 is 0 Å². The molecule has 65 heavy (non-hydrogen) atoms. The Morgan fingerprint density at radius 3 is 0.954 bits per heavy atom. The first-order valence-electron chi connectivity index (χ1n) is 27.8. The number of hydrogen-bond donors (Lipinski definition) is 0. The van der Waals surface area contributed by atoms with Crippen LogP contribution in [0.25, 0.3) is 0 Å². The van der Waals surface area contributed by atoms with Gasteiger partial charge in [0.2, 0.25) is 0 Å². The molecule has 0 bridgehead atoms. The SMILES string of the molecule is CC/C=C\C/C=C\C/C=C\C/C=C\CCCCCCCCCCCCCCC(=O)OCC(COC(=O)CCCCCCCCC)OC(=O)CCCCCCC/C=C\CCCCCCCC. The minimum atomic E-state index is -0.774. The topological polar surface area (TPSA) is 78.9 Å². The largest absolute Gasteiger partial charge is 0.462 e. The van der Waals surface area contributed by atoms with E-state index in [1.165, 1.54) is 148 Å². The second-order valence-electron chi connectivity index (χ2n) is 18.5. The zero-order chi connectivity index (χ0) is 47.2. The lowest BCUT2D eigenvalue weighted by Crippen LogP contribution is -2.30. The van der Waals surface area contributed by atoms with E-state index in [1.54, 1.807) is 0 Å². The van der Waals surface area contributed by atoms with Gasteiger partial charge >= 0.3 is 17.9 Å². The van der Waals surface area contributed by atoms with Crippen molar-refractivity contribution in [1.29, 1.82) is 0 Å². The van der Waals surface area contributed by atoms with Crippen LogP contribution in [0.3, 0.4) is 0 Å². The maximum absolute atomic E-state index is 12.8. The Morgan fingerprint density at radius 1 is 0.323 bits per heavy atom. The molecule has 0 aliphatic rings. The van der Waals surface area contributed by atoms with Crippen molar-refractivity contribution in [3.63, 3.8) is 0 Å². The number of carbonyl (C=O) groups is 3. The first kappa shape index (κ1) is 62.1. The summed E-state index contributed by atoms with van der Waals surface area (Å²) in [4.78, 5) is 37.9. The molecule has 0 heterocycles. The van der Waals surface area contributed by atoms with Gasteiger partial charge in [-0.25, -0.2) is 0 Å². The van der Waals surface area contributed by atoms with Crippen molar-refractivity contribution in [2.75, 3.05) is 13.2 Å². The summed E-state index contributed by atoms with van der Waals surface area (Å²) in [6.07, 6.45) is 66.6.